The van der Waals surface area contributed by atoms with Gasteiger partial charge in [0.15, 0.2) is 9.84 Å². The highest BCUT2D eigenvalue weighted by Crippen LogP contribution is 2.28. The molecular formula is C14H22ClNO4S. The fourth-order valence-electron chi connectivity index (χ4n) is 1.67. The van der Waals surface area contributed by atoms with Gasteiger partial charge in [-0.3, -0.25) is 0 Å². The third kappa shape index (κ3) is 6.65. The Hall–Kier alpha value is -0.820. The van der Waals surface area contributed by atoms with Crippen molar-refractivity contribution in [1.29, 1.82) is 0 Å². The van der Waals surface area contributed by atoms with Crippen molar-refractivity contribution in [2.45, 2.75) is 13.5 Å². The first-order valence-electron chi connectivity index (χ1n) is 6.80. The van der Waals surface area contributed by atoms with Crippen molar-refractivity contribution >= 4 is 21.4 Å². The lowest BCUT2D eigenvalue weighted by Crippen LogP contribution is -2.20. The lowest BCUT2D eigenvalue weighted by atomic mass is 10.2. The van der Waals surface area contributed by atoms with E-state index in [9.17, 15) is 8.42 Å². The molecule has 5 nitrogen and oxygen atoms in total. The zero-order valence-electron chi connectivity index (χ0n) is 12.4. The third-order valence-corrected chi connectivity index (χ3v) is 4.89. The van der Waals surface area contributed by atoms with Crippen LogP contribution in [0.2, 0.25) is 5.02 Å². The van der Waals surface area contributed by atoms with Crippen molar-refractivity contribution < 1.29 is 17.9 Å². The first-order chi connectivity index (χ1) is 10.00. The predicted octanol–water partition coefficient (Wildman–Crippen LogP) is 1.89. The summed E-state index contributed by atoms with van der Waals surface area (Å²) in [7, 11) is -1.40. The maximum absolute atomic E-state index is 11.5. The average molecular weight is 336 g/mol. The molecule has 1 N–H and O–H groups in total. The molecule has 0 unspecified atom stereocenters. The average Bonchev–Trinajstić information content (AvgIpc) is 2.46. The van der Waals surface area contributed by atoms with E-state index in [4.69, 9.17) is 21.1 Å². The van der Waals surface area contributed by atoms with Gasteiger partial charge in [0.2, 0.25) is 0 Å². The molecule has 0 spiro atoms. The molecule has 1 aromatic carbocycles. The van der Waals surface area contributed by atoms with Crippen LogP contribution in [0, 0.1) is 0 Å². The molecule has 0 bridgehead atoms. The number of halogens is 1. The van der Waals surface area contributed by atoms with Gasteiger partial charge in [0.05, 0.1) is 17.4 Å². The molecule has 7 heteroatoms. The maximum Gasteiger partial charge on any atom is 0.153 e. The highest BCUT2D eigenvalue weighted by Gasteiger charge is 2.11. The molecular weight excluding hydrogens is 314 g/mol. The number of hydrogen-bond donors (Lipinski definition) is 1. The third-order valence-electron chi connectivity index (χ3n) is 2.93. The second kappa shape index (κ2) is 9.25. The molecule has 120 valence electrons. The van der Waals surface area contributed by atoms with Gasteiger partial charge in [-0.05, 0) is 6.07 Å². The smallest absolute Gasteiger partial charge is 0.153 e. The summed E-state index contributed by atoms with van der Waals surface area (Å²) >= 11 is 6.13. The number of benzene rings is 1. The summed E-state index contributed by atoms with van der Waals surface area (Å²) in [5, 5.41) is 3.69. The molecule has 0 aromatic heterocycles. The molecule has 0 amide bonds. The summed E-state index contributed by atoms with van der Waals surface area (Å²) in [5.41, 5.74) is 0.896. The van der Waals surface area contributed by atoms with Crippen molar-refractivity contribution in [3.8, 4) is 5.75 Å². The molecule has 0 saturated carbocycles. The summed E-state index contributed by atoms with van der Waals surface area (Å²) in [5.74, 6) is 0.644. The normalized spacial score (nSPS) is 11.6. The van der Waals surface area contributed by atoms with Crippen molar-refractivity contribution in [2.24, 2.45) is 0 Å². The summed E-state index contributed by atoms with van der Waals surface area (Å²) < 4.78 is 33.5. The van der Waals surface area contributed by atoms with Gasteiger partial charge in [0, 0.05) is 31.5 Å². The number of para-hydroxylation sites is 1. The zero-order chi connectivity index (χ0) is 15.7. The molecule has 1 rings (SSSR count). The van der Waals surface area contributed by atoms with Crippen molar-refractivity contribution in [3.05, 3.63) is 28.8 Å². The summed E-state index contributed by atoms with van der Waals surface area (Å²) in [6.07, 6.45) is 0. The van der Waals surface area contributed by atoms with Crippen LogP contribution in [0.5, 0.6) is 5.75 Å². The Morgan fingerprint density at radius 3 is 2.71 bits per heavy atom. The molecule has 0 aliphatic rings. The van der Waals surface area contributed by atoms with E-state index < -0.39 is 9.84 Å². The Kier molecular flexibility index (Phi) is 8.03. The second-order valence-corrected chi connectivity index (χ2v) is 7.36. The Labute approximate surface area is 131 Å². The van der Waals surface area contributed by atoms with Crippen LogP contribution in [0.3, 0.4) is 0 Å². The predicted molar refractivity (Wildman–Crippen MR) is 84.9 cm³/mol. The first kappa shape index (κ1) is 18.2. The second-order valence-electron chi connectivity index (χ2n) is 4.48. The fourth-order valence-corrected chi connectivity index (χ4v) is 2.54. The van der Waals surface area contributed by atoms with Crippen LogP contribution in [-0.4, -0.2) is 46.8 Å². The largest absolute Gasteiger partial charge is 0.491 e. The van der Waals surface area contributed by atoms with Gasteiger partial charge in [-0.25, -0.2) is 8.42 Å². The van der Waals surface area contributed by atoms with Gasteiger partial charge in [0.1, 0.15) is 12.4 Å². The highest BCUT2D eigenvalue weighted by atomic mass is 35.5. The Balaban J connectivity index is 2.63. The minimum absolute atomic E-state index is 0.00866. The van der Waals surface area contributed by atoms with Crippen molar-refractivity contribution in [3.63, 3.8) is 0 Å². The van der Waals surface area contributed by atoms with Crippen LogP contribution in [0.1, 0.15) is 12.5 Å². The molecule has 0 radical (unpaired) electrons. The van der Waals surface area contributed by atoms with E-state index >= 15 is 0 Å². The fraction of sp³-hybridized carbons (Fsp3) is 0.571. The minimum Gasteiger partial charge on any atom is -0.491 e. The lowest BCUT2D eigenvalue weighted by Gasteiger charge is -2.13. The maximum atomic E-state index is 11.5. The van der Waals surface area contributed by atoms with Crippen LogP contribution in [0.4, 0.5) is 0 Å². The zero-order valence-corrected chi connectivity index (χ0v) is 14.0. The van der Waals surface area contributed by atoms with Crippen LogP contribution in [0.25, 0.3) is 0 Å². The summed E-state index contributed by atoms with van der Waals surface area (Å²) in [4.78, 5) is 0. The van der Waals surface area contributed by atoms with Gasteiger partial charge in [-0.1, -0.05) is 30.7 Å². The Morgan fingerprint density at radius 2 is 2.05 bits per heavy atom. The summed E-state index contributed by atoms with van der Waals surface area (Å²) in [6.45, 7) is 3.64. The molecule has 1 aromatic rings. The SMILES string of the molecule is CCS(=O)(=O)CCOc1c(Cl)cccc1CNCCOC. The quantitative estimate of drug-likeness (QED) is 0.661. The van der Waals surface area contributed by atoms with Crippen LogP contribution < -0.4 is 10.1 Å². The topological polar surface area (TPSA) is 64.6 Å². The van der Waals surface area contributed by atoms with E-state index in [0.717, 1.165) is 5.56 Å². The molecule has 0 atom stereocenters. The molecule has 0 saturated heterocycles. The van der Waals surface area contributed by atoms with Crippen molar-refractivity contribution in [2.75, 3.05) is 38.4 Å². The standard InChI is InChI=1S/C14H22ClNO4S/c1-3-21(17,18)10-9-20-14-12(5-4-6-13(14)15)11-16-7-8-19-2/h4-6,16H,3,7-11H2,1-2H3. The number of nitrogens with one attached hydrogen (secondary N) is 1. The van der Waals surface area contributed by atoms with E-state index in [1.54, 1.807) is 20.1 Å². The molecule has 0 aliphatic heterocycles. The van der Waals surface area contributed by atoms with E-state index in [2.05, 4.69) is 5.32 Å². The van der Waals surface area contributed by atoms with Gasteiger partial charge in [-0.2, -0.15) is 0 Å². The van der Waals surface area contributed by atoms with E-state index in [0.29, 0.717) is 30.5 Å². The number of methoxy groups -OCH3 is 1. The Morgan fingerprint density at radius 1 is 1.29 bits per heavy atom. The van der Waals surface area contributed by atoms with Crippen LogP contribution >= 0.6 is 11.6 Å². The lowest BCUT2D eigenvalue weighted by molar-refractivity contribution is 0.199. The molecule has 0 fully saturated rings. The first-order valence-corrected chi connectivity index (χ1v) is 9.00. The van der Waals surface area contributed by atoms with Crippen LogP contribution in [-0.2, 0) is 21.1 Å². The number of hydrogen-bond acceptors (Lipinski definition) is 5. The number of ether oxygens (including phenoxy) is 2. The minimum atomic E-state index is -3.04. The van der Waals surface area contributed by atoms with Crippen LogP contribution in [0.15, 0.2) is 18.2 Å². The van der Waals surface area contributed by atoms with Gasteiger partial charge in [-0.15, -0.1) is 0 Å². The van der Waals surface area contributed by atoms with E-state index in [-0.39, 0.29) is 18.1 Å². The monoisotopic (exact) mass is 335 g/mol. The van der Waals surface area contributed by atoms with E-state index in [1.165, 1.54) is 0 Å². The summed E-state index contributed by atoms with van der Waals surface area (Å²) in [6, 6.07) is 5.46. The highest BCUT2D eigenvalue weighted by molar-refractivity contribution is 7.91. The van der Waals surface area contributed by atoms with Crippen molar-refractivity contribution in [1.82, 2.24) is 5.32 Å². The van der Waals surface area contributed by atoms with Gasteiger partial charge >= 0.3 is 0 Å². The van der Waals surface area contributed by atoms with Gasteiger partial charge < -0.3 is 14.8 Å². The molecule has 21 heavy (non-hydrogen) atoms. The van der Waals surface area contributed by atoms with E-state index in [1.807, 2.05) is 12.1 Å². The molecule has 0 heterocycles. The number of rotatable bonds is 10. The van der Waals surface area contributed by atoms with Gasteiger partial charge in [0.25, 0.3) is 0 Å². The molecule has 0 aliphatic carbocycles. The Bertz CT molecular complexity index is 534. The number of sulfone groups is 1.